The highest BCUT2D eigenvalue weighted by molar-refractivity contribution is 6.09. The van der Waals surface area contributed by atoms with Crippen LogP contribution in [-0.2, 0) is 35.1 Å². The van der Waals surface area contributed by atoms with Gasteiger partial charge in [-0.2, -0.15) is 0 Å². The number of nitrogens with zero attached hydrogens (tertiary/aromatic N) is 1. The van der Waals surface area contributed by atoms with Crippen LogP contribution in [0, 0.1) is 11.8 Å². The van der Waals surface area contributed by atoms with Gasteiger partial charge in [0.05, 0.1) is 70.7 Å². The molecule has 65 heavy (non-hydrogen) atoms. The fourth-order valence-corrected chi connectivity index (χ4v) is 7.24. The zero-order valence-corrected chi connectivity index (χ0v) is 35.4. The Kier molecular flexibility index (Phi) is 15.7. The molecule has 0 fully saturated rings. The van der Waals surface area contributed by atoms with Crippen molar-refractivity contribution >= 4 is 40.3 Å². The number of fused-ring (bicyclic) bond motifs is 4. The van der Waals surface area contributed by atoms with E-state index < -0.39 is 11.9 Å². The highest BCUT2D eigenvalue weighted by Gasteiger charge is 2.24. The first-order valence-electron chi connectivity index (χ1n) is 21.1. The molecule has 3 amide bonds. The van der Waals surface area contributed by atoms with Gasteiger partial charge in [-0.05, 0) is 65.7 Å². The van der Waals surface area contributed by atoms with Crippen LogP contribution in [-0.4, -0.2) is 99.8 Å². The molecule has 4 aromatic rings. The van der Waals surface area contributed by atoms with Crippen LogP contribution in [0.15, 0.2) is 112 Å². The number of ether oxygens (including phenoxy) is 4. The van der Waals surface area contributed by atoms with Gasteiger partial charge in [-0.25, -0.2) is 4.79 Å². The summed E-state index contributed by atoms with van der Waals surface area (Å²) >= 11 is 0. The van der Waals surface area contributed by atoms with Crippen molar-refractivity contribution in [1.29, 1.82) is 0 Å². The van der Waals surface area contributed by atoms with Gasteiger partial charge in [-0.15, -0.1) is 0 Å². The first-order chi connectivity index (χ1) is 31.7. The van der Waals surface area contributed by atoms with Crippen LogP contribution in [0.25, 0.3) is 33.4 Å². The van der Waals surface area contributed by atoms with E-state index in [-0.39, 0.29) is 91.2 Å². The van der Waals surface area contributed by atoms with Gasteiger partial charge in [-0.1, -0.05) is 48.2 Å². The van der Waals surface area contributed by atoms with Crippen molar-refractivity contribution in [2.45, 2.75) is 19.4 Å². The lowest BCUT2D eigenvalue weighted by Crippen LogP contribution is -2.35. The van der Waals surface area contributed by atoms with Crippen LogP contribution in [0.5, 0.6) is 5.75 Å². The van der Waals surface area contributed by atoms with Crippen molar-refractivity contribution in [2.24, 2.45) is 0 Å². The third-order valence-corrected chi connectivity index (χ3v) is 10.4. The predicted molar refractivity (Wildman–Crippen MR) is 241 cm³/mol. The van der Waals surface area contributed by atoms with Crippen molar-refractivity contribution in [1.82, 2.24) is 10.6 Å². The van der Waals surface area contributed by atoms with E-state index in [2.05, 4.69) is 22.5 Å². The fraction of sp³-hybridized carbons (Fsp3) is 0.260. The highest BCUT2D eigenvalue weighted by Crippen LogP contribution is 2.42. The highest BCUT2D eigenvalue weighted by atomic mass is 16.6. The molecular weight excluding hydrogens is 835 g/mol. The molecule has 0 radical (unpaired) electrons. The molecule has 7 rings (SSSR count). The third-order valence-electron chi connectivity index (χ3n) is 10.4. The number of anilines is 1. The Balaban J connectivity index is 0.729. The number of phenolic OH excluding ortho intramolecular Hbond substituents is 1. The minimum Gasteiger partial charge on any atom is -0.508 e. The first kappa shape index (κ1) is 45.7. The maximum absolute atomic E-state index is 13.3. The zero-order chi connectivity index (χ0) is 45.5. The summed E-state index contributed by atoms with van der Waals surface area (Å²) in [6, 6.07) is 28.3. The van der Waals surface area contributed by atoms with Crippen molar-refractivity contribution in [3.8, 4) is 40.0 Å². The van der Waals surface area contributed by atoms with Crippen molar-refractivity contribution < 1.29 is 52.8 Å². The number of hydrogen-bond donors (Lipinski definition) is 4. The lowest BCUT2D eigenvalue weighted by atomic mass is 9.90. The molecule has 0 saturated heterocycles. The molecule has 0 saturated carbocycles. The monoisotopic (exact) mass is 881 g/mol. The second kappa shape index (κ2) is 22.3. The standard InChI is InChI=1S/C50H47N3O12/c54-37-12-15-40-44(30-37)65-45-31-38(55)13-16-41(45)48(40)39-14-11-35(29-42(39)50(59)60)49(58)52-20-22-62-24-26-64-28-27-63-25-23-61-21-18-46(56)51-19-17-47(57)53-32-36-7-2-1-5-33(36)9-10-34-6-3-4-8-43(34)53/h1-8,11-16,29-31,54H,17-28,32H2,(H,51,56)(H,52,58)(H,59,60). The minimum absolute atomic E-state index is 0.0625. The van der Waals surface area contributed by atoms with Gasteiger partial charge in [0.1, 0.15) is 17.1 Å². The van der Waals surface area contributed by atoms with E-state index in [0.717, 1.165) is 22.4 Å². The molecule has 1 aliphatic carbocycles. The molecule has 334 valence electrons. The number of aromatic carboxylic acids is 1. The number of carboxylic acid groups (broad SMARTS) is 1. The van der Waals surface area contributed by atoms with Crippen LogP contribution in [0.2, 0.25) is 0 Å². The van der Waals surface area contributed by atoms with E-state index in [1.807, 2.05) is 48.5 Å². The van der Waals surface area contributed by atoms with E-state index in [1.165, 1.54) is 36.4 Å². The second-order valence-electron chi connectivity index (χ2n) is 14.8. The van der Waals surface area contributed by atoms with Gasteiger partial charge in [0, 0.05) is 71.3 Å². The van der Waals surface area contributed by atoms with Crippen molar-refractivity contribution in [3.63, 3.8) is 0 Å². The predicted octanol–water partition coefficient (Wildman–Crippen LogP) is 5.61. The van der Waals surface area contributed by atoms with E-state index in [0.29, 0.717) is 61.7 Å². The van der Waals surface area contributed by atoms with Crippen molar-refractivity contribution in [2.75, 3.05) is 70.8 Å². The van der Waals surface area contributed by atoms with Crippen LogP contribution < -0.4 is 21.0 Å². The largest absolute Gasteiger partial charge is 0.508 e. The molecule has 15 nitrogen and oxygen atoms in total. The normalized spacial score (nSPS) is 11.8. The summed E-state index contributed by atoms with van der Waals surface area (Å²) in [5, 5.41) is 26.3. The summed E-state index contributed by atoms with van der Waals surface area (Å²) in [5.41, 5.74) is 4.62. The average molecular weight is 882 g/mol. The van der Waals surface area contributed by atoms with Gasteiger partial charge < -0.3 is 49.1 Å². The molecule has 0 bridgehead atoms. The first-order valence-corrected chi connectivity index (χ1v) is 21.1. The summed E-state index contributed by atoms with van der Waals surface area (Å²) in [5.74, 6) is 4.49. The number of carbonyl (C=O) groups excluding carboxylic acids is 3. The number of amides is 3. The lowest BCUT2D eigenvalue weighted by Gasteiger charge is -2.26. The van der Waals surface area contributed by atoms with Gasteiger partial charge in [0.15, 0.2) is 5.43 Å². The summed E-state index contributed by atoms with van der Waals surface area (Å²) in [6.45, 7) is 3.04. The van der Waals surface area contributed by atoms with Crippen LogP contribution in [0.3, 0.4) is 0 Å². The molecule has 2 aliphatic heterocycles. The number of aromatic hydroxyl groups is 1. The number of benzene rings is 5. The zero-order valence-electron chi connectivity index (χ0n) is 35.4. The second-order valence-corrected chi connectivity index (χ2v) is 14.8. The summed E-state index contributed by atoms with van der Waals surface area (Å²) in [4.78, 5) is 65.0. The molecule has 0 spiro atoms. The van der Waals surface area contributed by atoms with E-state index in [4.69, 9.17) is 23.4 Å². The third kappa shape index (κ3) is 12.0. The van der Waals surface area contributed by atoms with Gasteiger partial charge >= 0.3 is 5.97 Å². The molecule has 2 heterocycles. The molecule has 4 aromatic carbocycles. The van der Waals surface area contributed by atoms with Crippen molar-refractivity contribution in [3.05, 3.63) is 141 Å². The van der Waals surface area contributed by atoms with E-state index >= 15 is 0 Å². The number of carboxylic acids is 1. The smallest absolute Gasteiger partial charge is 0.336 e. The van der Waals surface area contributed by atoms with E-state index in [9.17, 15) is 34.2 Å². The maximum Gasteiger partial charge on any atom is 0.336 e. The van der Waals surface area contributed by atoms with Crippen LogP contribution >= 0.6 is 0 Å². The Morgan fingerprint density at radius 3 is 2.12 bits per heavy atom. The average Bonchev–Trinajstić information content (AvgIpc) is 3.29. The minimum atomic E-state index is -1.26. The molecule has 0 atom stereocenters. The quantitative estimate of drug-likeness (QED) is 0.0396. The topological polar surface area (TPSA) is 203 Å². The number of para-hydroxylation sites is 1. The molecule has 0 aromatic heterocycles. The molecule has 15 heteroatoms. The number of rotatable bonds is 21. The summed E-state index contributed by atoms with van der Waals surface area (Å²) < 4.78 is 28.0. The maximum atomic E-state index is 13.3. The molecular formula is C50H47N3O12. The number of phenols is 1. The van der Waals surface area contributed by atoms with Gasteiger partial charge in [-0.3, -0.25) is 19.2 Å². The summed E-state index contributed by atoms with van der Waals surface area (Å²) in [6.07, 6.45) is 0.288. The van der Waals surface area contributed by atoms with Gasteiger partial charge in [0.2, 0.25) is 11.8 Å². The Morgan fingerprint density at radius 1 is 0.677 bits per heavy atom. The van der Waals surface area contributed by atoms with Gasteiger partial charge in [0.25, 0.3) is 5.91 Å². The van der Waals surface area contributed by atoms with Crippen LogP contribution in [0.1, 0.15) is 50.2 Å². The SMILES string of the molecule is O=C(CCOCCOCCOCCOCCNC(=O)c1ccc(-c2c3ccc(=O)cc-3oc3cc(O)ccc23)c(C(=O)O)c1)NCCC(=O)N1Cc2ccccc2C#Cc2ccccc21. The van der Waals surface area contributed by atoms with Crippen LogP contribution in [0.4, 0.5) is 5.69 Å². The molecule has 4 N–H and O–H groups in total. The van der Waals surface area contributed by atoms with E-state index in [1.54, 1.807) is 23.1 Å². The number of hydrogen-bond acceptors (Lipinski definition) is 11. The number of nitrogens with one attached hydrogen (secondary N) is 2. The Hall–Kier alpha value is -7.35. The Morgan fingerprint density at radius 2 is 1.35 bits per heavy atom. The molecule has 3 aliphatic rings. The Bertz CT molecular complexity index is 2770. The Labute approximate surface area is 374 Å². The fourth-order valence-electron chi connectivity index (χ4n) is 7.24. The summed E-state index contributed by atoms with van der Waals surface area (Å²) in [7, 11) is 0. The lowest BCUT2D eigenvalue weighted by molar-refractivity contribution is -0.122. The molecule has 0 unspecified atom stereocenters. The number of carbonyl (C=O) groups is 4.